The number of aromatic hydroxyl groups is 1. The SMILES string of the molecule is CC(C)(C)c1ccc(O)c(C(C)(C)C)c1.CCCC1=Cc2c(-c3ccc(C(C)(C)C)cc3)cccc2[CH]1[Zr](=[C](C)C)[CH]1C(CCC)=Cc2c(-c3ccc(C(C)(C)C)cc3)cccc21. The molecule has 0 amide bonds. The Morgan fingerprint density at radius 3 is 1.21 bits per heavy atom. The summed E-state index contributed by atoms with van der Waals surface area (Å²) < 4.78 is 2.89. The van der Waals surface area contributed by atoms with Crippen molar-refractivity contribution in [3.05, 3.63) is 159 Å². The van der Waals surface area contributed by atoms with Gasteiger partial charge in [0.2, 0.25) is 0 Å². The van der Waals surface area contributed by atoms with Crippen molar-refractivity contribution in [1.29, 1.82) is 0 Å². The van der Waals surface area contributed by atoms with E-state index in [4.69, 9.17) is 0 Å². The van der Waals surface area contributed by atoms with Gasteiger partial charge in [-0.2, -0.15) is 0 Å². The number of fused-ring (bicyclic) bond motifs is 2. The van der Waals surface area contributed by atoms with E-state index in [1.807, 2.05) is 6.07 Å². The Morgan fingerprint density at radius 1 is 0.492 bits per heavy atom. The van der Waals surface area contributed by atoms with Crippen LogP contribution < -0.4 is 0 Å². The molecule has 1 nitrogen and oxygen atoms in total. The number of phenolic OH excluding ortho intramolecular Hbond substituents is 1. The van der Waals surface area contributed by atoms with Crippen LogP contribution in [-0.4, -0.2) is 8.31 Å². The summed E-state index contributed by atoms with van der Waals surface area (Å²) in [7, 11) is 0. The van der Waals surface area contributed by atoms with Crippen LogP contribution >= 0.6 is 0 Å². The molecule has 0 aromatic heterocycles. The number of rotatable bonds is 8. The predicted molar refractivity (Wildman–Crippen MR) is 274 cm³/mol. The summed E-state index contributed by atoms with van der Waals surface area (Å²) in [6.07, 6.45) is 10.0. The van der Waals surface area contributed by atoms with Crippen molar-refractivity contribution in [2.24, 2.45) is 0 Å². The zero-order chi connectivity index (χ0) is 46.2. The molecule has 7 rings (SSSR count). The Kier molecular flexibility index (Phi) is 14.6. The van der Waals surface area contributed by atoms with Gasteiger partial charge < -0.3 is 5.11 Å². The molecule has 0 radical (unpaired) electrons. The van der Waals surface area contributed by atoms with E-state index in [0.29, 0.717) is 13.0 Å². The summed E-state index contributed by atoms with van der Waals surface area (Å²) in [5.41, 5.74) is 20.6. The second kappa shape index (κ2) is 18.9. The Bertz CT molecular complexity index is 2370. The molecular weight excluding hydrogens is 840 g/mol. The fourth-order valence-corrected chi connectivity index (χ4v) is 19.4. The minimum atomic E-state index is -2.40. The van der Waals surface area contributed by atoms with Gasteiger partial charge in [0.1, 0.15) is 5.75 Å². The molecule has 2 aliphatic rings. The van der Waals surface area contributed by atoms with Crippen molar-refractivity contribution >= 4 is 15.4 Å². The first-order valence-corrected chi connectivity index (χ1v) is 27.9. The van der Waals surface area contributed by atoms with E-state index >= 15 is 0 Å². The molecule has 5 aromatic rings. The fraction of sp³-hybridized carbons (Fsp3) is 0.426. The van der Waals surface area contributed by atoms with Crippen molar-refractivity contribution in [2.45, 2.75) is 165 Å². The summed E-state index contributed by atoms with van der Waals surface area (Å²) >= 11 is -2.40. The molecule has 63 heavy (non-hydrogen) atoms. The third kappa shape index (κ3) is 10.7. The van der Waals surface area contributed by atoms with Gasteiger partial charge in [0.25, 0.3) is 0 Å². The van der Waals surface area contributed by atoms with E-state index in [0.717, 1.165) is 5.56 Å². The summed E-state index contributed by atoms with van der Waals surface area (Å²) in [6.45, 7) is 36.4. The first-order chi connectivity index (χ1) is 29.4. The Hall–Kier alpha value is -3.87. The Balaban J connectivity index is 0.000000374. The molecule has 2 heteroatoms. The molecular formula is C61H78OZr. The number of phenols is 1. The molecule has 0 heterocycles. The molecule has 5 aromatic carbocycles. The van der Waals surface area contributed by atoms with Gasteiger partial charge in [-0.3, -0.25) is 0 Å². The van der Waals surface area contributed by atoms with Gasteiger partial charge in [-0.05, 0) is 28.0 Å². The molecule has 0 spiro atoms. The monoisotopic (exact) mass is 917 g/mol. The molecule has 0 saturated carbocycles. The van der Waals surface area contributed by atoms with Crippen LogP contribution in [0.1, 0.15) is 188 Å². The third-order valence-electron chi connectivity index (χ3n) is 13.4. The predicted octanol–water partition coefficient (Wildman–Crippen LogP) is 17.6. The number of hydrogen-bond donors (Lipinski definition) is 1. The van der Waals surface area contributed by atoms with E-state index in [1.54, 1.807) is 31.5 Å². The second-order valence-corrected chi connectivity index (χ2v) is 30.3. The van der Waals surface area contributed by atoms with Crippen LogP contribution in [0.25, 0.3) is 34.4 Å². The van der Waals surface area contributed by atoms with Gasteiger partial charge in [0.15, 0.2) is 0 Å². The number of benzene rings is 5. The maximum absolute atomic E-state index is 9.84. The van der Waals surface area contributed by atoms with Gasteiger partial charge in [-0.25, -0.2) is 0 Å². The van der Waals surface area contributed by atoms with Crippen LogP contribution in [0.15, 0.2) is 114 Å². The average molecular weight is 919 g/mol. The first-order valence-electron chi connectivity index (χ1n) is 23.9. The normalized spacial score (nSPS) is 16.1. The maximum atomic E-state index is 9.84. The van der Waals surface area contributed by atoms with Crippen LogP contribution in [-0.2, 0) is 42.9 Å². The molecule has 0 aliphatic heterocycles. The number of allylic oxidation sites excluding steroid dienone is 2. The van der Waals surface area contributed by atoms with Crippen LogP contribution in [0.2, 0.25) is 0 Å². The van der Waals surface area contributed by atoms with Crippen molar-refractivity contribution in [3.63, 3.8) is 0 Å². The van der Waals surface area contributed by atoms with E-state index in [9.17, 15) is 5.11 Å². The number of hydrogen-bond acceptors (Lipinski definition) is 1. The molecule has 0 fully saturated rings. The standard InChI is InChI=1S/2C22H25.C14H22O.C3H6.Zr/c2*1-5-7-16-14-18-8-6-9-20(21(18)15-16)17-10-12-19(13-11-17)22(2,3)4;1-13(2,3)10-7-8-12(15)11(9-10)14(4,5)6;1-3-2;/h2*6,8-15H,5,7H2,1-4H3;7-9,15H,1-6H3;1-2H3;. The molecule has 2 aliphatic carbocycles. The van der Waals surface area contributed by atoms with Crippen LogP contribution in [0.5, 0.6) is 5.75 Å². The van der Waals surface area contributed by atoms with Crippen molar-refractivity contribution in [2.75, 3.05) is 0 Å². The van der Waals surface area contributed by atoms with Crippen molar-refractivity contribution in [1.82, 2.24) is 0 Å². The zero-order valence-electron chi connectivity index (χ0n) is 41.9. The van der Waals surface area contributed by atoms with E-state index in [-0.39, 0.29) is 21.7 Å². The third-order valence-corrected chi connectivity index (χ3v) is 22.6. The first kappa shape index (κ1) is 48.6. The van der Waals surface area contributed by atoms with Gasteiger partial charge in [-0.1, -0.05) is 53.7 Å². The van der Waals surface area contributed by atoms with Crippen LogP contribution in [0.3, 0.4) is 0 Å². The molecule has 0 saturated heterocycles. The minimum absolute atomic E-state index is 0.00859. The average Bonchev–Trinajstić information content (AvgIpc) is 3.75. The second-order valence-electron chi connectivity index (χ2n) is 22.8. The van der Waals surface area contributed by atoms with E-state index < -0.39 is 21.3 Å². The van der Waals surface area contributed by atoms with Crippen LogP contribution in [0.4, 0.5) is 0 Å². The zero-order valence-corrected chi connectivity index (χ0v) is 44.4. The molecule has 0 bridgehead atoms. The quantitative estimate of drug-likeness (QED) is 0.164. The summed E-state index contributed by atoms with van der Waals surface area (Å²) in [6, 6.07) is 39.1. The topological polar surface area (TPSA) is 20.2 Å². The molecule has 1 N–H and O–H groups in total. The summed E-state index contributed by atoms with van der Waals surface area (Å²) in [5, 5.41) is 9.84. The molecule has 2 atom stereocenters. The van der Waals surface area contributed by atoms with E-state index in [1.165, 1.54) is 75.8 Å². The molecule has 332 valence electrons. The molecule has 2 unspecified atom stereocenters. The Labute approximate surface area is 391 Å². The fourth-order valence-electron chi connectivity index (χ4n) is 9.82. The van der Waals surface area contributed by atoms with Crippen molar-refractivity contribution in [3.8, 4) is 28.0 Å². The summed E-state index contributed by atoms with van der Waals surface area (Å²) in [4.78, 5) is 0. The van der Waals surface area contributed by atoms with Crippen LogP contribution in [0, 0.1) is 0 Å². The van der Waals surface area contributed by atoms with Gasteiger partial charge in [0, 0.05) is 0 Å². The van der Waals surface area contributed by atoms with Gasteiger partial charge >= 0.3 is 301 Å². The Morgan fingerprint density at radius 2 is 0.873 bits per heavy atom. The van der Waals surface area contributed by atoms with E-state index in [2.05, 4.69) is 214 Å². The van der Waals surface area contributed by atoms with Crippen molar-refractivity contribution < 1.29 is 26.4 Å². The summed E-state index contributed by atoms with van der Waals surface area (Å²) in [5.74, 6) is 0.399. The van der Waals surface area contributed by atoms with Gasteiger partial charge in [0.05, 0.1) is 0 Å². The van der Waals surface area contributed by atoms with Gasteiger partial charge in [-0.15, -0.1) is 0 Å².